The topological polar surface area (TPSA) is 133 Å². The van der Waals surface area contributed by atoms with Gasteiger partial charge in [0.2, 0.25) is 0 Å². The van der Waals surface area contributed by atoms with Gasteiger partial charge in [0.15, 0.2) is 5.76 Å². The van der Waals surface area contributed by atoms with Crippen molar-refractivity contribution in [3.63, 3.8) is 0 Å². The van der Waals surface area contributed by atoms with Crippen LogP contribution in [-0.2, 0) is 15.7 Å². The predicted molar refractivity (Wildman–Crippen MR) is 130 cm³/mol. The van der Waals surface area contributed by atoms with Crippen molar-refractivity contribution in [2.75, 3.05) is 33.4 Å². The summed E-state index contributed by atoms with van der Waals surface area (Å²) in [5, 5.41) is 10.6. The molecule has 1 aromatic rings. The van der Waals surface area contributed by atoms with E-state index in [0.717, 1.165) is 75.5 Å². The highest BCUT2D eigenvalue weighted by atomic mass is 19.4. The smallest absolute Gasteiger partial charge is 0.417 e. The molecule has 3 unspecified atom stereocenters. The van der Waals surface area contributed by atoms with Gasteiger partial charge in [-0.3, -0.25) is 9.88 Å². The van der Waals surface area contributed by atoms with Gasteiger partial charge in [0, 0.05) is 56.0 Å². The number of aliphatic hydroxyl groups is 1. The van der Waals surface area contributed by atoms with Gasteiger partial charge >= 0.3 is 6.18 Å². The van der Waals surface area contributed by atoms with Crippen LogP contribution in [0, 0.1) is 17.8 Å². The van der Waals surface area contributed by atoms with E-state index in [1.165, 1.54) is 26.4 Å². The molecular weight excluding hydrogens is 474 g/mol. The van der Waals surface area contributed by atoms with Crippen LogP contribution in [0.5, 0.6) is 0 Å². The molecule has 198 valence electrons. The second-order valence-electron chi connectivity index (χ2n) is 9.57. The minimum atomic E-state index is -4.54. The number of halogens is 3. The lowest BCUT2D eigenvalue weighted by molar-refractivity contribution is -0.137. The van der Waals surface area contributed by atoms with Crippen molar-refractivity contribution in [1.82, 2.24) is 9.88 Å². The Morgan fingerprint density at radius 2 is 1.78 bits per heavy atom. The number of pyridine rings is 1. The Balaban J connectivity index is 0.000000201. The molecular formula is C24H35BF3N5O3. The summed E-state index contributed by atoms with van der Waals surface area (Å²) < 4.78 is 48.5. The number of fused-ring (bicyclic) bond motifs is 1. The number of hydrogen-bond acceptors (Lipinski definition) is 8. The van der Waals surface area contributed by atoms with E-state index >= 15 is 0 Å². The van der Waals surface area contributed by atoms with Gasteiger partial charge in [0.05, 0.1) is 18.3 Å². The highest BCUT2D eigenvalue weighted by molar-refractivity contribution is 6.14. The second-order valence-corrected chi connectivity index (χ2v) is 9.57. The molecule has 3 atom stereocenters. The molecule has 3 aliphatic rings. The Kier molecular flexibility index (Phi) is 9.18. The van der Waals surface area contributed by atoms with Crippen LogP contribution < -0.4 is 17.2 Å². The molecule has 2 radical (unpaired) electrons. The average molecular weight is 509 g/mol. The third kappa shape index (κ3) is 6.66. The first-order valence-corrected chi connectivity index (χ1v) is 12.1. The highest BCUT2D eigenvalue weighted by Gasteiger charge is 2.45. The van der Waals surface area contributed by atoms with Gasteiger partial charge in [-0.05, 0) is 49.5 Å². The second kappa shape index (κ2) is 11.7. The van der Waals surface area contributed by atoms with Crippen LogP contribution in [0.15, 0.2) is 36.1 Å². The number of nitrogens with zero attached hydrogens (tertiary/aromatic N) is 2. The normalized spacial score (nSPS) is 24.9. The predicted octanol–water partition coefficient (Wildman–Crippen LogP) is 2.09. The number of ether oxygens (including phenoxy) is 2. The summed E-state index contributed by atoms with van der Waals surface area (Å²) in [5.41, 5.74) is 13.7. The molecule has 3 fully saturated rings. The fourth-order valence-electron chi connectivity index (χ4n) is 5.26. The monoisotopic (exact) mass is 509 g/mol. The zero-order chi connectivity index (χ0) is 26.5. The van der Waals surface area contributed by atoms with Crippen LogP contribution in [0.1, 0.15) is 43.2 Å². The lowest BCUT2D eigenvalue weighted by Crippen LogP contribution is -2.55. The zero-order valence-electron chi connectivity index (χ0n) is 20.5. The first-order valence-electron chi connectivity index (χ1n) is 12.1. The molecule has 1 saturated carbocycles. The number of nitrogens with two attached hydrogens (primary N) is 3. The van der Waals surface area contributed by atoms with E-state index in [-0.39, 0.29) is 28.8 Å². The van der Waals surface area contributed by atoms with Gasteiger partial charge in [-0.2, -0.15) is 13.2 Å². The Morgan fingerprint density at radius 3 is 2.31 bits per heavy atom. The highest BCUT2D eigenvalue weighted by Crippen LogP contribution is 2.41. The van der Waals surface area contributed by atoms with Crippen LogP contribution in [0.2, 0.25) is 0 Å². The van der Waals surface area contributed by atoms with Crippen molar-refractivity contribution in [2.45, 2.75) is 43.9 Å². The molecule has 2 aliphatic heterocycles. The molecule has 1 aliphatic carbocycles. The third-order valence-corrected chi connectivity index (χ3v) is 7.28. The Morgan fingerprint density at radius 1 is 1.17 bits per heavy atom. The van der Waals surface area contributed by atoms with Crippen molar-refractivity contribution in [1.29, 1.82) is 0 Å². The Labute approximate surface area is 211 Å². The SMILES string of the molecule is COC(/C=C(\N)c1cnccc1C(F)(F)F)=C(N)N.[B]C(O)(C1CCOCC1)N1CC2CCCC2C1. The maximum Gasteiger partial charge on any atom is 0.417 e. The van der Waals surface area contributed by atoms with Gasteiger partial charge in [0.1, 0.15) is 13.7 Å². The molecule has 0 amide bonds. The van der Waals surface area contributed by atoms with Crippen molar-refractivity contribution in [3.05, 3.63) is 47.2 Å². The van der Waals surface area contributed by atoms with Gasteiger partial charge in [-0.1, -0.05) is 6.42 Å². The minimum Gasteiger partial charge on any atom is -0.493 e. The number of allylic oxidation sites excluding steroid dienone is 1. The fraction of sp³-hybridized carbons (Fsp3) is 0.625. The minimum absolute atomic E-state index is 0.0190. The molecule has 0 aromatic carbocycles. The van der Waals surface area contributed by atoms with E-state index in [1.54, 1.807) is 0 Å². The molecule has 36 heavy (non-hydrogen) atoms. The lowest BCUT2D eigenvalue weighted by atomic mass is 9.74. The summed E-state index contributed by atoms with van der Waals surface area (Å²) in [4.78, 5) is 5.75. The molecule has 12 heteroatoms. The van der Waals surface area contributed by atoms with Crippen molar-refractivity contribution < 1.29 is 27.8 Å². The molecule has 2 saturated heterocycles. The quantitative estimate of drug-likeness (QED) is 0.270. The maximum atomic E-state index is 12.8. The summed E-state index contributed by atoms with van der Waals surface area (Å²) in [7, 11) is 7.50. The van der Waals surface area contributed by atoms with Crippen LogP contribution in [0.3, 0.4) is 0 Å². The van der Waals surface area contributed by atoms with E-state index in [0.29, 0.717) is 0 Å². The maximum absolute atomic E-state index is 12.8. The van der Waals surface area contributed by atoms with Crippen molar-refractivity contribution in [3.8, 4) is 0 Å². The molecule has 7 N–H and O–H groups in total. The van der Waals surface area contributed by atoms with E-state index in [1.807, 2.05) is 0 Å². The molecule has 3 heterocycles. The first kappa shape index (κ1) is 28.1. The average Bonchev–Trinajstić information content (AvgIpc) is 3.46. The molecule has 0 spiro atoms. The largest absolute Gasteiger partial charge is 0.493 e. The number of rotatable bonds is 5. The summed E-state index contributed by atoms with van der Waals surface area (Å²) in [6, 6.07) is 0.831. The van der Waals surface area contributed by atoms with Gasteiger partial charge in [-0.25, -0.2) is 0 Å². The molecule has 0 bridgehead atoms. The van der Waals surface area contributed by atoms with Crippen LogP contribution in [-0.4, -0.2) is 61.9 Å². The summed E-state index contributed by atoms with van der Waals surface area (Å²) in [5.74, 6) is 1.53. The fourth-order valence-corrected chi connectivity index (χ4v) is 5.26. The third-order valence-electron chi connectivity index (χ3n) is 7.28. The first-order chi connectivity index (χ1) is 16.9. The summed E-state index contributed by atoms with van der Waals surface area (Å²) >= 11 is 0. The zero-order valence-corrected chi connectivity index (χ0v) is 20.5. The van der Waals surface area contributed by atoms with Crippen molar-refractivity contribution >= 4 is 13.5 Å². The summed E-state index contributed by atoms with van der Waals surface area (Å²) in [6.45, 7) is 3.47. The van der Waals surface area contributed by atoms with Crippen LogP contribution >= 0.6 is 0 Å². The van der Waals surface area contributed by atoms with Crippen molar-refractivity contribution in [2.24, 2.45) is 35.0 Å². The number of hydrogen-bond donors (Lipinski definition) is 4. The van der Waals surface area contributed by atoms with Gasteiger partial charge < -0.3 is 31.8 Å². The molecule has 1 aromatic heterocycles. The number of likely N-dealkylation sites (tertiary alicyclic amines) is 1. The number of alkyl halides is 3. The number of methoxy groups -OCH3 is 1. The Bertz CT molecular complexity index is 935. The molecule has 8 nitrogen and oxygen atoms in total. The molecule has 4 rings (SSSR count). The van der Waals surface area contributed by atoms with Crippen LogP contribution in [0.25, 0.3) is 5.70 Å². The van der Waals surface area contributed by atoms with Gasteiger partial charge in [0.25, 0.3) is 0 Å². The van der Waals surface area contributed by atoms with Gasteiger partial charge in [-0.15, -0.1) is 0 Å². The van der Waals surface area contributed by atoms with E-state index < -0.39 is 17.4 Å². The standard InChI is InChI=1S/C13H22BNO2.C11H13F3N4O/c14-13(16,12-4-6-17-7-5-12)15-8-10-2-1-3-11(10)9-15;1-19-9(10(16)17)4-8(15)6-5-18-3-2-7(6)11(12,13)14/h10-12,16H,1-9H2;2-5H,15-17H2,1H3/b;8-4-. The van der Waals surface area contributed by atoms with E-state index in [2.05, 4.69) is 9.88 Å². The summed E-state index contributed by atoms with van der Waals surface area (Å²) in [6.07, 6.45) is 4.40. The lowest BCUT2D eigenvalue weighted by Gasteiger charge is -2.43. The Hall–Kier alpha value is -2.44. The van der Waals surface area contributed by atoms with Crippen LogP contribution in [0.4, 0.5) is 13.2 Å². The van der Waals surface area contributed by atoms with E-state index in [4.69, 9.17) is 34.5 Å². The van der Waals surface area contributed by atoms with E-state index in [9.17, 15) is 18.3 Å². The number of aromatic nitrogens is 1.